The Bertz CT molecular complexity index is 242. The Morgan fingerprint density at radius 1 is 1.22 bits per heavy atom. The van der Waals surface area contributed by atoms with Crippen molar-refractivity contribution in [3.05, 3.63) is 0 Å². The number of hydrogen-bond donors (Lipinski definition) is 0. The fraction of sp³-hybridized carbons (Fsp3) is 1.00. The van der Waals surface area contributed by atoms with Crippen molar-refractivity contribution in [2.45, 2.75) is 0 Å². The van der Waals surface area contributed by atoms with Gasteiger partial charge in [-0.25, -0.2) is 8.42 Å². The second-order valence-corrected chi connectivity index (χ2v) is 5.45. The standard InChI is InChI=1S/C2H5FO4S2/c1-8(4,5)2-9(3,6)7/h2H2,1H3. The highest BCUT2D eigenvalue weighted by Crippen LogP contribution is 1.95. The zero-order valence-corrected chi connectivity index (χ0v) is 6.17. The number of sulfone groups is 1. The average molecular weight is 176 g/mol. The lowest BCUT2D eigenvalue weighted by Crippen LogP contribution is -2.09. The predicted molar refractivity (Wildman–Crippen MR) is 29.7 cm³/mol. The van der Waals surface area contributed by atoms with Gasteiger partial charge in [0, 0.05) is 6.26 Å². The van der Waals surface area contributed by atoms with E-state index in [0.29, 0.717) is 6.26 Å². The second kappa shape index (κ2) is 2.22. The van der Waals surface area contributed by atoms with Crippen molar-refractivity contribution < 1.29 is 20.7 Å². The van der Waals surface area contributed by atoms with Gasteiger partial charge in [-0.1, -0.05) is 0 Å². The molecule has 0 N–H and O–H groups in total. The van der Waals surface area contributed by atoms with Gasteiger partial charge >= 0.3 is 10.2 Å². The molecule has 0 aromatic rings. The summed E-state index contributed by atoms with van der Waals surface area (Å²) < 4.78 is 50.7. The summed E-state index contributed by atoms with van der Waals surface area (Å²) in [6.07, 6.45) is 0.643. The third kappa shape index (κ3) is 7.83. The van der Waals surface area contributed by atoms with E-state index in [1.807, 2.05) is 0 Å². The number of rotatable bonds is 2. The molecule has 0 aromatic heterocycles. The topological polar surface area (TPSA) is 68.3 Å². The summed E-state index contributed by atoms with van der Waals surface area (Å²) in [4.78, 5) is 0. The van der Waals surface area contributed by atoms with Crippen LogP contribution in [0.1, 0.15) is 0 Å². The Morgan fingerprint density at radius 2 is 1.56 bits per heavy atom. The van der Waals surface area contributed by atoms with Crippen LogP contribution in [0.5, 0.6) is 0 Å². The molecule has 0 aromatic carbocycles. The van der Waals surface area contributed by atoms with E-state index in [4.69, 9.17) is 0 Å². The van der Waals surface area contributed by atoms with Crippen LogP contribution in [0.4, 0.5) is 3.89 Å². The van der Waals surface area contributed by atoms with E-state index in [2.05, 4.69) is 0 Å². The zero-order valence-electron chi connectivity index (χ0n) is 4.53. The molecule has 0 unspecified atom stereocenters. The third-order valence-corrected chi connectivity index (χ3v) is 3.19. The molecule has 0 aliphatic heterocycles. The molecule has 0 rings (SSSR count). The lowest BCUT2D eigenvalue weighted by atomic mass is 11.9. The van der Waals surface area contributed by atoms with E-state index < -0.39 is 25.1 Å². The zero-order chi connectivity index (χ0) is 7.71. The Hall–Kier alpha value is -0.170. The summed E-state index contributed by atoms with van der Waals surface area (Å²) in [6, 6.07) is 0. The van der Waals surface area contributed by atoms with E-state index >= 15 is 0 Å². The average Bonchev–Trinajstić information content (AvgIpc) is 1.14. The monoisotopic (exact) mass is 176 g/mol. The van der Waals surface area contributed by atoms with Crippen molar-refractivity contribution in [1.29, 1.82) is 0 Å². The molecule has 0 aliphatic rings. The summed E-state index contributed by atoms with van der Waals surface area (Å²) in [6.45, 7) is 0. The van der Waals surface area contributed by atoms with Gasteiger partial charge in [-0.05, 0) is 0 Å². The maximum Gasteiger partial charge on any atom is 0.316 e. The van der Waals surface area contributed by atoms with Crippen molar-refractivity contribution in [3.63, 3.8) is 0 Å². The van der Waals surface area contributed by atoms with Crippen LogP contribution in [-0.2, 0) is 20.1 Å². The highest BCUT2D eigenvalue weighted by atomic mass is 32.3. The SMILES string of the molecule is CS(=O)(=O)CS(=O)(=O)F. The van der Waals surface area contributed by atoms with Gasteiger partial charge in [0.25, 0.3) is 0 Å². The molecule has 0 amide bonds. The minimum Gasteiger partial charge on any atom is -0.228 e. The van der Waals surface area contributed by atoms with E-state index in [-0.39, 0.29) is 0 Å². The number of hydrogen-bond acceptors (Lipinski definition) is 4. The maximum atomic E-state index is 11.5. The van der Waals surface area contributed by atoms with Gasteiger partial charge in [-0.2, -0.15) is 8.42 Å². The molecule has 0 aliphatic carbocycles. The van der Waals surface area contributed by atoms with Gasteiger partial charge in [0.1, 0.15) is 0 Å². The summed E-state index contributed by atoms with van der Waals surface area (Å²) in [5.41, 5.74) is 0. The highest BCUT2D eigenvalue weighted by Gasteiger charge is 2.15. The Labute approximate surface area is 52.8 Å². The minimum atomic E-state index is -4.87. The fourth-order valence-electron chi connectivity index (χ4n) is 0.256. The molecule has 9 heavy (non-hydrogen) atoms. The molecule has 4 nitrogen and oxygen atoms in total. The van der Waals surface area contributed by atoms with Crippen molar-refractivity contribution in [3.8, 4) is 0 Å². The van der Waals surface area contributed by atoms with Crippen LogP contribution in [0.15, 0.2) is 0 Å². The molecule has 0 heterocycles. The Balaban J connectivity index is 4.46. The van der Waals surface area contributed by atoms with Gasteiger partial charge < -0.3 is 0 Å². The van der Waals surface area contributed by atoms with E-state index in [1.165, 1.54) is 0 Å². The van der Waals surface area contributed by atoms with Gasteiger partial charge in [-0.3, -0.25) is 0 Å². The van der Waals surface area contributed by atoms with E-state index in [9.17, 15) is 20.7 Å². The fourth-order valence-corrected chi connectivity index (χ4v) is 2.30. The molecular formula is C2H5FO4S2. The Kier molecular flexibility index (Phi) is 2.18. The lowest BCUT2D eigenvalue weighted by molar-refractivity contribution is 0.554. The third-order valence-electron chi connectivity index (χ3n) is 0.355. The normalized spacial score (nSPS) is 13.6. The highest BCUT2D eigenvalue weighted by molar-refractivity contribution is 8.05. The van der Waals surface area contributed by atoms with Crippen molar-refractivity contribution in [2.75, 3.05) is 11.3 Å². The predicted octanol–water partition coefficient (Wildman–Crippen LogP) is -0.712. The van der Waals surface area contributed by atoms with Gasteiger partial charge in [0.15, 0.2) is 14.9 Å². The first-order valence-electron chi connectivity index (χ1n) is 1.81. The van der Waals surface area contributed by atoms with Gasteiger partial charge in [0.05, 0.1) is 0 Å². The first-order valence-corrected chi connectivity index (χ1v) is 5.42. The lowest BCUT2D eigenvalue weighted by Gasteiger charge is -1.88. The van der Waals surface area contributed by atoms with Crippen LogP contribution >= 0.6 is 0 Å². The smallest absolute Gasteiger partial charge is 0.228 e. The second-order valence-electron chi connectivity index (χ2n) is 1.58. The van der Waals surface area contributed by atoms with Crippen molar-refractivity contribution in [1.82, 2.24) is 0 Å². The first kappa shape index (κ1) is 8.83. The van der Waals surface area contributed by atoms with Crippen LogP contribution in [0.2, 0.25) is 0 Å². The van der Waals surface area contributed by atoms with Crippen LogP contribution in [0, 0.1) is 0 Å². The van der Waals surface area contributed by atoms with Crippen LogP contribution < -0.4 is 0 Å². The summed E-state index contributed by atoms with van der Waals surface area (Å²) in [7, 11) is -8.61. The van der Waals surface area contributed by atoms with Crippen LogP contribution in [0.3, 0.4) is 0 Å². The molecule has 0 saturated heterocycles. The molecule has 0 atom stereocenters. The molecule has 0 bridgehead atoms. The summed E-state index contributed by atoms with van der Waals surface area (Å²) in [5.74, 6) is 0. The molecule has 0 spiro atoms. The summed E-state index contributed by atoms with van der Waals surface area (Å²) in [5, 5.41) is -1.43. The maximum absolute atomic E-state index is 11.5. The van der Waals surface area contributed by atoms with Crippen LogP contribution in [0.25, 0.3) is 0 Å². The molecule has 7 heteroatoms. The summed E-state index contributed by atoms with van der Waals surface area (Å²) >= 11 is 0. The molecular weight excluding hydrogens is 171 g/mol. The van der Waals surface area contributed by atoms with Crippen molar-refractivity contribution >= 4 is 20.1 Å². The minimum absolute atomic E-state index is 0.643. The largest absolute Gasteiger partial charge is 0.316 e. The number of halogens is 1. The molecule has 0 radical (unpaired) electrons. The molecule has 56 valence electrons. The van der Waals surface area contributed by atoms with Crippen molar-refractivity contribution in [2.24, 2.45) is 0 Å². The van der Waals surface area contributed by atoms with Gasteiger partial charge in [-0.15, -0.1) is 3.89 Å². The first-order chi connectivity index (χ1) is 3.71. The van der Waals surface area contributed by atoms with Gasteiger partial charge in [0.2, 0.25) is 0 Å². The van der Waals surface area contributed by atoms with E-state index in [1.54, 1.807) is 0 Å². The van der Waals surface area contributed by atoms with E-state index in [0.717, 1.165) is 0 Å². The quantitative estimate of drug-likeness (QED) is 0.521. The molecule has 0 fully saturated rings. The van der Waals surface area contributed by atoms with Crippen LogP contribution in [-0.4, -0.2) is 28.2 Å². The Morgan fingerprint density at radius 3 is 1.56 bits per heavy atom. The molecule has 0 saturated carbocycles.